The van der Waals surface area contributed by atoms with E-state index in [9.17, 15) is 4.39 Å². The second-order valence-electron chi connectivity index (χ2n) is 4.97. The fraction of sp³-hybridized carbons (Fsp3) is 0.600. The Balaban J connectivity index is 2.63. The molecule has 1 N–H and O–H groups in total. The largest absolute Gasteiger partial charge is 0.377 e. The minimum absolute atomic E-state index is 0.151. The van der Waals surface area contributed by atoms with E-state index in [1.165, 1.54) is 6.07 Å². The molecule has 1 rings (SSSR count). The average molecular weight is 332 g/mol. The molecule has 0 aliphatic rings. The Morgan fingerprint density at radius 1 is 1.37 bits per heavy atom. The first-order valence-electron chi connectivity index (χ1n) is 6.81. The van der Waals surface area contributed by atoms with Gasteiger partial charge in [0.15, 0.2) is 0 Å². The van der Waals surface area contributed by atoms with Crippen LogP contribution in [0.4, 0.5) is 4.39 Å². The molecule has 19 heavy (non-hydrogen) atoms. The van der Waals surface area contributed by atoms with Crippen molar-refractivity contribution >= 4 is 15.9 Å². The zero-order valence-corrected chi connectivity index (χ0v) is 13.5. The van der Waals surface area contributed by atoms with Crippen LogP contribution in [0.5, 0.6) is 0 Å². The zero-order valence-electron chi connectivity index (χ0n) is 11.9. The van der Waals surface area contributed by atoms with Crippen LogP contribution < -0.4 is 5.32 Å². The van der Waals surface area contributed by atoms with Gasteiger partial charge >= 0.3 is 0 Å². The molecular formula is C15H23BrFNO. The zero-order chi connectivity index (χ0) is 14.3. The number of halogens is 2. The van der Waals surface area contributed by atoms with Crippen LogP contribution in [0.25, 0.3) is 0 Å². The van der Waals surface area contributed by atoms with Crippen molar-refractivity contribution in [2.45, 2.75) is 45.8 Å². The summed E-state index contributed by atoms with van der Waals surface area (Å²) in [7, 11) is 0. The molecule has 0 spiro atoms. The summed E-state index contributed by atoms with van der Waals surface area (Å²) in [6.07, 6.45) is 1.90. The summed E-state index contributed by atoms with van der Waals surface area (Å²) in [5.41, 5.74) is 0.726. The summed E-state index contributed by atoms with van der Waals surface area (Å²) in [5.74, 6) is -0.165. The van der Waals surface area contributed by atoms with Crippen LogP contribution in [0.1, 0.15) is 32.8 Å². The number of nitrogens with one attached hydrogen (secondary N) is 1. The summed E-state index contributed by atoms with van der Waals surface area (Å²) in [6.45, 7) is 7.67. The summed E-state index contributed by atoms with van der Waals surface area (Å²) in [6, 6.07) is 5.36. The van der Waals surface area contributed by atoms with Crippen molar-refractivity contribution in [1.82, 2.24) is 5.32 Å². The predicted molar refractivity (Wildman–Crippen MR) is 81.0 cm³/mol. The Morgan fingerprint density at radius 3 is 2.68 bits per heavy atom. The standard InChI is InChI=1S/C15H23BrFNO/c1-4-7-18-14(10-19-11(2)3)8-12-5-6-13(16)9-15(12)17/h5-6,9,11,14,18H,4,7-8,10H2,1-3H3. The molecule has 0 fully saturated rings. The van der Waals surface area contributed by atoms with Crippen molar-refractivity contribution in [3.63, 3.8) is 0 Å². The van der Waals surface area contributed by atoms with E-state index in [-0.39, 0.29) is 18.0 Å². The second-order valence-corrected chi connectivity index (χ2v) is 5.89. The highest BCUT2D eigenvalue weighted by Crippen LogP contribution is 2.16. The molecule has 0 aliphatic carbocycles. The number of benzene rings is 1. The van der Waals surface area contributed by atoms with Crippen LogP contribution in [-0.4, -0.2) is 25.3 Å². The fourth-order valence-corrected chi connectivity index (χ4v) is 2.13. The van der Waals surface area contributed by atoms with Crippen LogP contribution in [-0.2, 0) is 11.2 Å². The number of rotatable bonds is 8. The molecule has 0 heterocycles. The molecule has 1 aromatic rings. The molecule has 108 valence electrons. The van der Waals surface area contributed by atoms with Crippen LogP contribution >= 0.6 is 15.9 Å². The quantitative estimate of drug-likeness (QED) is 0.779. The van der Waals surface area contributed by atoms with Gasteiger partial charge < -0.3 is 10.1 Å². The first-order valence-corrected chi connectivity index (χ1v) is 7.61. The van der Waals surface area contributed by atoms with Crippen LogP contribution in [0.15, 0.2) is 22.7 Å². The molecule has 0 saturated heterocycles. The predicted octanol–water partition coefficient (Wildman–Crippen LogP) is 3.92. The number of hydrogen-bond acceptors (Lipinski definition) is 2. The maximum absolute atomic E-state index is 13.8. The van der Waals surface area contributed by atoms with Crippen LogP contribution in [0.2, 0.25) is 0 Å². The highest BCUT2D eigenvalue weighted by Gasteiger charge is 2.13. The Hall–Kier alpha value is -0.450. The maximum atomic E-state index is 13.8. The molecule has 0 bridgehead atoms. The summed E-state index contributed by atoms with van der Waals surface area (Å²) in [4.78, 5) is 0. The van der Waals surface area contributed by atoms with Gasteiger partial charge in [-0.3, -0.25) is 0 Å². The van der Waals surface area contributed by atoms with E-state index in [1.54, 1.807) is 0 Å². The van der Waals surface area contributed by atoms with Gasteiger partial charge in [0, 0.05) is 10.5 Å². The van der Waals surface area contributed by atoms with Crippen molar-refractivity contribution in [2.24, 2.45) is 0 Å². The van der Waals surface area contributed by atoms with Crippen molar-refractivity contribution in [2.75, 3.05) is 13.2 Å². The third kappa shape index (κ3) is 6.50. The molecule has 0 saturated carbocycles. The smallest absolute Gasteiger partial charge is 0.127 e. The average Bonchev–Trinajstić information content (AvgIpc) is 2.35. The minimum Gasteiger partial charge on any atom is -0.377 e. The molecule has 2 nitrogen and oxygen atoms in total. The second kappa shape index (κ2) is 8.67. The SMILES string of the molecule is CCCNC(COC(C)C)Cc1ccc(Br)cc1F. The molecular weight excluding hydrogens is 309 g/mol. The van der Waals surface area contributed by atoms with E-state index in [0.717, 1.165) is 23.0 Å². The third-order valence-electron chi connectivity index (χ3n) is 2.80. The van der Waals surface area contributed by atoms with Crippen LogP contribution in [0.3, 0.4) is 0 Å². The molecule has 1 unspecified atom stereocenters. The summed E-state index contributed by atoms with van der Waals surface area (Å²) < 4.78 is 20.2. The molecule has 0 amide bonds. The van der Waals surface area contributed by atoms with Gasteiger partial charge in [-0.15, -0.1) is 0 Å². The fourth-order valence-electron chi connectivity index (χ4n) is 1.80. The highest BCUT2D eigenvalue weighted by atomic mass is 79.9. The van der Waals surface area contributed by atoms with E-state index in [2.05, 4.69) is 28.2 Å². The lowest BCUT2D eigenvalue weighted by Gasteiger charge is -2.20. The third-order valence-corrected chi connectivity index (χ3v) is 3.29. The van der Waals surface area contributed by atoms with Crippen molar-refractivity contribution in [3.8, 4) is 0 Å². The first-order chi connectivity index (χ1) is 9.02. The van der Waals surface area contributed by atoms with E-state index in [0.29, 0.717) is 13.0 Å². The summed E-state index contributed by atoms with van der Waals surface area (Å²) >= 11 is 3.27. The van der Waals surface area contributed by atoms with Gasteiger partial charge in [0.1, 0.15) is 5.82 Å². The first kappa shape index (κ1) is 16.6. The lowest BCUT2D eigenvalue weighted by molar-refractivity contribution is 0.0611. The van der Waals surface area contributed by atoms with Crippen molar-refractivity contribution < 1.29 is 9.13 Å². The highest BCUT2D eigenvalue weighted by molar-refractivity contribution is 9.10. The Bertz CT molecular complexity index is 384. The summed E-state index contributed by atoms with van der Waals surface area (Å²) in [5, 5.41) is 3.41. The van der Waals surface area contributed by atoms with Crippen LogP contribution in [0, 0.1) is 5.82 Å². The Kier molecular flexibility index (Phi) is 7.57. The van der Waals surface area contributed by atoms with Crippen molar-refractivity contribution in [1.29, 1.82) is 0 Å². The van der Waals surface area contributed by atoms with Gasteiger partial charge in [-0.1, -0.05) is 28.9 Å². The van der Waals surface area contributed by atoms with Gasteiger partial charge in [-0.05, 0) is 50.9 Å². The van der Waals surface area contributed by atoms with E-state index in [1.807, 2.05) is 26.0 Å². The van der Waals surface area contributed by atoms with Gasteiger partial charge in [-0.2, -0.15) is 0 Å². The number of ether oxygens (including phenoxy) is 1. The van der Waals surface area contributed by atoms with Gasteiger partial charge in [-0.25, -0.2) is 4.39 Å². The minimum atomic E-state index is -0.165. The topological polar surface area (TPSA) is 21.3 Å². The van der Waals surface area contributed by atoms with Crippen molar-refractivity contribution in [3.05, 3.63) is 34.1 Å². The lowest BCUT2D eigenvalue weighted by atomic mass is 10.1. The maximum Gasteiger partial charge on any atom is 0.127 e. The van der Waals surface area contributed by atoms with Gasteiger partial charge in [0.05, 0.1) is 12.7 Å². The normalized spacial score (nSPS) is 12.9. The lowest BCUT2D eigenvalue weighted by Crippen LogP contribution is -2.37. The molecule has 1 atom stereocenters. The van der Waals surface area contributed by atoms with E-state index < -0.39 is 0 Å². The molecule has 0 aromatic heterocycles. The molecule has 0 aliphatic heterocycles. The van der Waals surface area contributed by atoms with Gasteiger partial charge in [0.25, 0.3) is 0 Å². The number of hydrogen-bond donors (Lipinski definition) is 1. The molecule has 0 radical (unpaired) electrons. The van der Waals surface area contributed by atoms with E-state index in [4.69, 9.17) is 4.74 Å². The molecule has 1 aromatic carbocycles. The Labute approximate surface area is 123 Å². The van der Waals surface area contributed by atoms with E-state index >= 15 is 0 Å². The monoisotopic (exact) mass is 331 g/mol. The Morgan fingerprint density at radius 2 is 2.11 bits per heavy atom. The van der Waals surface area contributed by atoms with Gasteiger partial charge in [0.2, 0.25) is 0 Å². The molecule has 4 heteroatoms.